The van der Waals surface area contributed by atoms with Gasteiger partial charge in [0.15, 0.2) is 0 Å². The zero-order chi connectivity index (χ0) is 17.8. The van der Waals surface area contributed by atoms with Gasteiger partial charge in [0.1, 0.15) is 11.6 Å². The third kappa shape index (κ3) is 4.31. The first-order valence-electron chi connectivity index (χ1n) is 8.57. The number of halogens is 2. The van der Waals surface area contributed by atoms with Crippen LogP contribution in [0.4, 0.5) is 9.18 Å². The summed E-state index contributed by atoms with van der Waals surface area (Å²) in [6, 6.07) is 4.85. The Morgan fingerprint density at radius 2 is 2.28 bits per heavy atom. The van der Waals surface area contributed by atoms with Gasteiger partial charge in [0.2, 0.25) is 0 Å². The fourth-order valence-corrected chi connectivity index (χ4v) is 2.95. The van der Waals surface area contributed by atoms with E-state index >= 15 is 0 Å². The van der Waals surface area contributed by atoms with Crippen molar-refractivity contribution in [2.45, 2.75) is 45.3 Å². The molecule has 0 bridgehead atoms. The average Bonchev–Trinajstić information content (AvgIpc) is 3.34. The van der Waals surface area contributed by atoms with Crippen LogP contribution < -0.4 is 5.32 Å². The molecule has 5 nitrogen and oxygen atoms in total. The van der Waals surface area contributed by atoms with Crippen molar-refractivity contribution in [1.82, 2.24) is 19.8 Å². The number of nitrogens with zero attached hydrogens (tertiary/aromatic N) is 3. The first-order valence-corrected chi connectivity index (χ1v) is 8.95. The largest absolute Gasteiger partial charge is 0.338 e. The van der Waals surface area contributed by atoms with Gasteiger partial charge in [-0.1, -0.05) is 24.6 Å². The Balaban J connectivity index is 1.75. The third-order valence-electron chi connectivity index (χ3n) is 4.28. The van der Waals surface area contributed by atoms with Gasteiger partial charge < -0.3 is 14.8 Å². The molecule has 0 unspecified atom stereocenters. The van der Waals surface area contributed by atoms with Crippen LogP contribution in [0.2, 0.25) is 5.02 Å². The van der Waals surface area contributed by atoms with E-state index < -0.39 is 0 Å². The van der Waals surface area contributed by atoms with E-state index in [1.807, 2.05) is 16.4 Å². The van der Waals surface area contributed by atoms with Gasteiger partial charge in [-0.3, -0.25) is 0 Å². The highest BCUT2D eigenvalue weighted by molar-refractivity contribution is 6.31. The van der Waals surface area contributed by atoms with Crippen molar-refractivity contribution < 1.29 is 9.18 Å². The summed E-state index contributed by atoms with van der Waals surface area (Å²) in [5.74, 6) is 0.379. The molecule has 1 fully saturated rings. The molecule has 0 spiro atoms. The lowest BCUT2D eigenvalue weighted by Crippen LogP contribution is -2.41. The lowest BCUT2D eigenvalue weighted by Gasteiger charge is -2.23. The van der Waals surface area contributed by atoms with Gasteiger partial charge in [0, 0.05) is 35.6 Å². The molecule has 1 aliphatic rings. The van der Waals surface area contributed by atoms with E-state index in [0.717, 1.165) is 25.1 Å². The predicted molar refractivity (Wildman–Crippen MR) is 95.0 cm³/mol. The molecule has 1 aromatic heterocycles. The number of aromatic nitrogens is 2. The van der Waals surface area contributed by atoms with Crippen LogP contribution in [-0.4, -0.2) is 33.1 Å². The molecule has 1 aromatic carbocycles. The first kappa shape index (κ1) is 17.7. The Morgan fingerprint density at radius 1 is 1.48 bits per heavy atom. The fourth-order valence-electron chi connectivity index (χ4n) is 2.73. The number of hydrogen-bond acceptors (Lipinski definition) is 2. The molecule has 25 heavy (non-hydrogen) atoms. The second-order valence-electron chi connectivity index (χ2n) is 6.26. The number of benzene rings is 1. The van der Waals surface area contributed by atoms with Crippen LogP contribution in [0, 0.1) is 5.82 Å². The minimum absolute atomic E-state index is 0.0668. The maximum absolute atomic E-state index is 14.0. The molecule has 2 amide bonds. The van der Waals surface area contributed by atoms with Gasteiger partial charge in [-0.15, -0.1) is 0 Å². The zero-order valence-electron chi connectivity index (χ0n) is 14.2. The van der Waals surface area contributed by atoms with Gasteiger partial charge in [-0.05, 0) is 31.4 Å². The summed E-state index contributed by atoms with van der Waals surface area (Å²) in [6.07, 6.45) is 6.37. The van der Waals surface area contributed by atoms with E-state index in [0.29, 0.717) is 23.7 Å². The molecule has 134 valence electrons. The topological polar surface area (TPSA) is 50.2 Å². The number of urea groups is 1. The summed E-state index contributed by atoms with van der Waals surface area (Å²) in [5, 5.41) is 3.31. The Hall–Kier alpha value is -2.08. The monoisotopic (exact) mass is 364 g/mol. The molecule has 0 atom stereocenters. The molecule has 3 rings (SSSR count). The Morgan fingerprint density at radius 3 is 2.96 bits per heavy atom. The van der Waals surface area contributed by atoms with E-state index in [2.05, 4.69) is 10.3 Å². The van der Waals surface area contributed by atoms with E-state index in [9.17, 15) is 9.18 Å². The summed E-state index contributed by atoms with van der Waals surface area (Å²) in [5.41, 5.74) is 0.428. The number of hydrogen-bond donors (Lipinski definition) is 1. The summed E-state index contributed by atoms with van der Waals surface area (Å²) in [7, 11) is 0. The van der Waals surface area contributed by atoms with Crippen molar-refractivity contribution in [1.29, 1.82) is 0 Å². The number of carbonyl (C=O) groups is 1. The second-order valence-corrected chi connectivity index (χ2v) is 6.67. The van der Waals surface area contributed by atoms with Crippen LogP contribution in [0.1, 0.15) is 37.6 Å². The summed E-state index contributed by atoms with van der Waals surface area (Å²) >= 11 is 6.12. The lowest BCUT2D eigenvalue weighted by molar-refractivity contribution is 0.190. The molecule has 1 aliphatic carbocycles. The van der Waals surface area contributed by atoms with E-state index in [1.165, 1.54) is 6.07 Å². The third-order valence-corrected chi connectivity index (χ3v) is 4.63. The SMILES string of the molecule is CCCNC(=O)N(Cc1nccn1Cc1c(F)cccc1Cl)C1CC1. The molecule has 1 N–H and O–H groups in total. The summed E-state index contributed by atoms with van der Waals surface area (Å²) in [4.78, 5) is 18.6. The average molecular weight is 365 g/mol. The van der Waals surface area contributed by atoms with Gasteiger partial charge in [-0.2, -0.15) is 0 Å². The van der Waals surface area contributed by atoms with Crippen LogP contribution in [0.25, 0.3) is 0 Å². The van der Waals surface area contributed by atoms with E-state index in [4.69, 9.17) is 11.6 Å². The number of imidazole rings is 1. The highest BCUT2D eigenvalue weighted by Crippen LogP contribution is 2.28. The highest BCUT2D eigenvalue weighted by atomic mass is 35.5. The predicted octanol–water partition coefficient (Wildman–Crippen LogP) is 3.81. The molecule has 7 heteroatoms. The molecule has 0 radical (unpaired) electrons. The Labute approximate surface area is 151 Å². The minimum Gasteiger partial charge on any atom is -0.338 e. The van der Waals surface area contributed by atoms with Gasteiger partial charge >= 0.3 is 6.03 Å². The molecule has 1 heterocycles. The van der Waals surface area contributed by atoms with Crippen LogP contribution in [0.15, 0.2) is 30.6 Å². The highest BCUT2D eigenvalue weighted by Gasteiger charge is 2.33. The van der Waals surface area contributed by atoms with Crippen molar-refractivity contribution in [3.8, 4) is 0 Å². The second kappa shape index (κ2) is 7.87. The Bertz CT molecular complexity index is 724. The Kier molecular flexibility index (Phi) is 5.58. The lowest BCUT2D eigenvalue weighted by atomic mass is 10.2. The van der Waals surface area contributed by atoms with Crippen LogP contribution in [0.3, 0.4) is 0 Å². The van der Waals surface area contributed by atoms with Crippen molar-refractivity contribution in [2.75, 3.05) is 6.54 Å². The molecular formula is C18H22ClFN4O. The number of amides is 2. The van der Waals surface area contributed by atoms with Crippen LogP contribution >= 0.6 is 11.6 Å². The van der Waals surface area contributed by atoms with Gasteiger partial charge in [0.05, 0.1) is 13.1 Å². The first-order chi connectivity index (χ1) is 12.1. The number of nitrogens with one attached hydrogen (secondary N) is 1. The molecule has 1 saturated carbocycles. The van der Waals surface area contributed by atoms with Crippen molar-refractivity contribution in [3.63, 3.8) is 0 Å². The van der Waals surface area contributed by atoms with Crippen LogP contribution in [-0.2, 0) is 13.1 Å². The molecule has 0 aliphatic heterocycles. The van der Waals surface area contributed by atoms with Crippen molar-refractivity contribution in [3.05, 3.63) is 52.8 Å². The molecular weight excluding hydrogens is 343 g/mol. The molecule has 0 saturated heterocycles. The summed E-state index contributed by atoms with van der Waals surface area (Å²) in [6.45, 7) is 3.36. The quantitative estimate of drug-likeness (QED) is 0.812. The van der Waals surface area contributed by atoms with Crippen molar-refractivity contribution >= 4 is 17.6 Å². The number of rotatable bonds is 7. The normalized spacial score (nSPS) is 13.7. The maximum atomic E-state index is 14.0. The standard InChI is InChI=1S/C18H22ClFN4O/c1-2-8-22-18(25)24(13-6-7-13)12-17-21-9-10-23(17)11-14-15(19)4-3-5-16(14)20/h3-5,9-10,13H,2,6-8,11-12H2,1H3,(H,22,25). The van der Waals surface area contributed by atoms with Gasteiger partial charge in [0.25, 0.3) is 0 Å². The number of carbonyl (C=O) groups excluding carboxylic acids is 1. The van der Waals surface area contributed by atoms with Crippen LogP contribution in [0.5, 0.6) is 0 Å². The van der Waals surface area contributed by atoms with Crippen molar-refractivity contribution in [2.24, 2.45) is 0 Å². The smallest absolute Gasteiger partial charge is 0.318 e. The summed E-state index contributed by atoms with van der Waals surface area (Å²) < 4.78 is 15.9. The zero-order valence-corrected chi connectivity index (χ0v) is 15.0. The van der Waals surface area contributed by atoms with E-state index in [-0.39, 0.29) is 24.4 Å². The fraction of sp³-hybridized carbons (Fsp3) is 0.444. The maximum Gasteiger partial charge on any atom is 0.318 e. The van der Waals surface area contributed by atoms with Gasteiger partial charge in [-0.25, -0.2) is 14.2 Å². The van der Waals surface area contributed by atoms with E-state index in [1.54, 1.807) is 24.5 Å². The minimum atomic E-state index is -0.341. The molecule has 2 aromatic rings.